The van der Waals surface area contributed by atoms with E-state index in [1.54, 1.807) is 0 Å². The molecule has 2 rings (SSSR count). The Morgan fingerprint density at radius 2 is 2.19 bits per heavy atom. The molecule has 2 aromatic rings. The van der Waals surface area contributed by atoms with Crippen LogP contribution < -0.4 is 11.3 Å². The van der Waals surface area contributed by atoms with Gasteiger partial charge in [-0.05, 0) is 12.1 Å². The quantitative estimate of drug-likeness (QED) is 0.339. The zero-order chi connectivity index (χ0) is 11.7. The lowest BCUT2D eigenvalue weighted by atomic mass is 10.2. The minimum absolute atomic E-state index is 0.0120. The number of nitro benzene ring substituents is 1. The lowest BCUT2D eigenvalue weighted by Crippen LogP contribution is -2.29. The Hall–Kier alpha value is -2.41. The zero-order valence-corrected chi connectivity index (χ0v) is 7.97. The Morgan fingerprint density at radius 1 is 1.44 bits per heavy atom. The van der Waals surface area contributed by atoms with Crippen molar-refractivity contribution in [2.45, 2.75) is 0 Å². The van der Waals surface area contributed by atoms with Crippen LogP contribution in [0.15, 0.2) is 28.7 Å². The van der Waals surface area contributed by atoms with Crippen molar-refractivity contribution in [3.05, 3.63) is 40.1 Å². The molecule has 7 heteroatoms. The third-order valence-electron chi connectivity index (χ3n) is 2.07. The van der Waals surface area contributed by atoms with Crippen molar-refractivity contribution >= 4 is 22.6 Å². The lowest BCUT2D eigenvalue weighted by molar-refractivity contribution is -0.384. The number of amides is 1. The molecule has 0 saturated heterocycles. The van der Waals surface area contributed by atoms with Gasteiger partial charge in [0.05, 0.1) is 4.92 Å². The van der Waals surface area contributed by atoms with Gasteiger partial charge in [-0.1, -0.05) is 0 Å². The van der Waals surface area contributed by atoms with E-state index in [4.69, 9.17) is 10.3 Å². The van der Waals surface area contributed by atoms with Crippen molar-refractivity contribution in [3.8, 4) is 0 Å². The number of nitrogens with zero attached hydrogens (tertiary/aromatic N) is 1. The first-order chi connectivity index (χ1) is 7.61. The first kappa shape index (κ1) is 10.1. The van der Waals surface area contributed by atoms with Crippen LogP contribution in [0.4, 0.5) is 5.69 Å². The smallest absolute Gasteiger partial charge is 0.300 e. The fraction of sp³-hybridized carbons (Fsp3) is 0. The number of carbonyl (C=O) groups excluding carboxylic acids is 1. The summed E-state index contributed by atoms with van der Waals surface area (Å²) < 4.78 is 5.14. The molecule has 16 heavy (non-hydrogen) atoms. The maximum Gasteiger partial charge on any atom is 0.300 e. The topological polar surface area (TPSA) is 111 Å². The van der Waals surface area contributed by atoms with Gasteiger partial charge in [-0.3, -0.25) is 20.3 Å². The van der Waals surface area contributed by atoms with Gasteiger partial charge in [0.25, 0.3) is 5.69 Å². The van der Waals surface area contributed by atoms with Crippen LogP contribution in [0.5, 0.6) is 0 Å². The Labute approximate surface area is 88.9 Å². The minimum atomic E-state index is -0.584. The molecular weight excluding hydrogens is 214 g/mol. The van der Waals surface area contributed by atoms with Gasteiger partial charge in [0, 0.05) is 17.5 Å². The molecule has 0 aliphatic carbocycles. The molecule has 0 aliphatic rings. The van der Waals surface area contributed by atoms with Crippen LogP contribution in [0.25, 0.3) is 11.0 Å². The number of rotatable bonds is 2. The first-order valence-corrected chi connectivity index (χ1v) is 4.31. The van der Waals surface area contributed by atoms with Crippen molar-refractivity contribution in [1.29, 1.82) is 0 Å². The average Bonchev–Trinajstić information content (AvgIpc) is 2.70. The lowest BCUT2D eigenvalue weighted by Gasteiger charge is -1.91. The molecule has 0 fully saturated rings. The fourth-order valence-electron chi connectivity index (χ4n) is 1.33. The van der Waals surface area contributed by atoms with Crippen molar-refractivity contribution in [1.82, 2.24) is 5.43 Å². The summed E-state index contributed by atoms with van der Waals surface area (Å²) >= 11 is 0. The Kier molecular flexibility index (Phi) is 2.29. The van der Waals surface area contributed by atoms with Gasteiger partial charge < -0.3 is 4.42 Å². The number of furan rings is 1. The molecule has 0 atom stereocenters. The largest absolute Gasteiger partial charge is 0.451 e. The maximum atomic E-state index is 11.1. The second-order valence-corrected chi connectivity index (χ2v) is 3.06. The number of benzene rings is 1. The molecule has 7 nitrogen and oxygen atoms in total. The number of hydrazine groups is 1. The van der Waals surface area contributed by atoms with Gasteiger partial charge in [0.2, 0.25) is 0 Å². The second kappa shape index (κ2) is 3.63. The highest BCUT2D eigenvalue weighted by atomic mass is 16.6. The fourth-order valence-corrected chi connectivity index (χ4v) is 1.33. The molecule has 0 aliphatic heterocycles. The van der Waals surface area contributed by atoms with Crippen LogP contribution in [-0.4, -0.2) is 10.8 Å². The van der Waals surface area contributed by atoms with Gasteiger partial charge in [0.15, 0.2) is 5.76 Å². The summed E-state index contributed by atoms with van der Waals surface area (Å²) in [5, 5.41) is 11.0. The Bertz CT molecular complexity index is 575. The maximum absolute atomic E-state index is 11.1. The van der Waals surface area contributed by atoms with Gasteiger partial charge in [-0.15, -0.1) is 0 Å². The third kappa shape index (κ3) is 1.59. The molecule has 1 amide bonds. The number of hydrogen-bond acceptors (Lipinski definition) is 5. The predicted molar refractivity (Wildman–Crippen MR) is 54.5 cm³/mol. The molecule has 1 aromatic heterocycles. The van der Waals surface area contributed by atoms with Gasteiger partial charge in [-0.25, -0.2) is 5.84 Å². The summed E-state index contributed by atoms with van der Waals surface area (Å²) in [6, 6.07) is 5.45. The zero-order valence-electron chi connectivity index (χ0n) is 7.97. The summed E-state index contributed by atoms with van der Waals surface area (Å²) in [7, 11) is 0. The predicted octanol–water partition coefficient (Wildman–Crippen LogP) is 0.944. The Morgan fingerprint density at radius 3 is 2.81 bits per heavy atom. The molecular formula is C9H7N3O4. The molecule has 1 heterocycles. The number of nitrogens with one attached hydrogen (secondary N) is 1. The second-order valence-electron chi connectivity index (χ2n) is 3.06. The SMILES string of the molecule is NNC(=O)c1cc2cc([N+](=O)[O-])ccc2o1. The molecule has 1 aromatic carbocycles. The van der Waals surface area contributed by atoms with Crippen LogP contribution in [-0.2, 0) is 0 Å². The minimum Gasteiger partial charge on any atom is -0.451 e. The number of nitrogen functional groups attached to an aromatic ring is 1. The van der Waals surface area contributed by atoms with Crippen LogP contribution in [0.1, 0.15) is 10.6 Å². The van der Waals surface area contributed by atoms with E-state index in [0.29, 0.717) is 11.0 Å². The summed E-state index contributed by atoms with van der Waals surface area (Å²) in [6.45, 7) is 0. The molecule has 82 valence electrons. The van der Waals surface area contributed by atoms with E-state index in [2.05, 4.69) is 0 Å². The Balaban J connectivity index is 2.54. The van der Waals surface area contributed by atoms with Crippen LogP contribution in [0, 0.1) is 10.1 Å². The normalized spacial score (nSPS) is 10.3. The first-order valence-electron chi connectivity index (χ1n) is 4.31. The van der Waals surface area contributed by atoms with E-state index in [0.717, 1.165) is 0 Å². The molecule has 3 N–H and O–H groups in total. The average molecular weight is 221 g/mol. The molecule has 0 saturated carbocycles. The standard InChI is InChI=1S/C9H7N3O4/c10-11-9(13)8-4-5-3-6(12(14)15)1-2-7(5)16-8/h1-4H,10H2,(H,11,13). The van der Waals surface area contributed by atoms with Gasteiger partial charge in [0.1, 0.15) is 5.58 Å². The van der Waals surface area contributed by atoms with Crippen LogP contribution in [0.3, 0.4) is 0 Å². The third-order valence-corrected chi connectivity index (χ3v) is 2.07. The number of carbonyl (C=O) groups is 1. The molecule has 0 unspecified atom stereocenters. The number of fused-ring (bicyclic) bond motifs is 1. The molecule has 0 bridgehead atoms. The highest BCUT2D eigenvalue weighted by Gasteiger charge is 2.13. The van der Waals surface area contributed by atoms with Crippen LogP contribution >= 0.6 is 0 Å². The number of nitro groups is 1. The summed E-state index contributed by atoms with van der Waals surface area (Å²) in [5.41, 5.74) is 2.24. The monoisotopic (exact) mass is 221 g/mol. The van der Waals surface area contributed by atoms with Gasteiger partial charge in [-0.2, -0.15) is 0 Å². The van der Waals surface area contributed by atoms with Crippen molar-refractivity contribution in [2.75, 3.05) is 0 Å². The van der Waals surface area contributed by atoms with E-state index in [1.807, 2.05) is 5.43 Å². The highest BCUT2D eigenvalue weighted by Crippen LogP contribution is 2.23. The van der Waals surface area contributed by atoms with Crippen molar-refractivity contribution in [2.24, 2.45) is 5.84 Å². The van der Waals surface area contributed by atoms with Crippen LogP contribution in [0.2, 0.25) is 0 Å². The molecule has 0 radical (unpaired) electrons. The summed E-state index contributed by atoms with van der Waals surface area (Å²) in [4.78, 5) is 21.1. The summed E-state index contributed by atoms with van der Waals surface area (Å²) in [5.74, 6) is 4.36. The van der Waals surface area contributed by atoms with E-state index < -0.39 is 10.8 Å². The van der Waals surface area contributed by atoms with Crippen molar-refractivity contribution < 1.29 is 14.1 Å². The van der Waals surface area contributed by atoms with E-state index in [1.165, 1.54) is 24.3 Å². The summed E-state index contributed by atoms with van der Waals surface area (Å²) in [6.07, 6.45) is 0. The van der Waals surface area contributed by atoms with E-state index >= 15 is 0 Å². The van der Waals surface area contributed by atoms with Crippen molar-refractivity contribution in [3.63, 3.8) is 0 Å². The number of non-ortho nitro benzene ring substituents is 1. The van der Waals surface area contributed by atoms with Gasteiger partial charge >= 0.3 is 5.91 Å². The highest BCUT2D eigenvalue weighted by molar-refractivity contribution is 5.96. The molecule has 0 spiro atoms. The van der Waals surface area contributed by atoms with E-state index in [9.17, 15) is 14.9 Å². The number of hydrogen-bond donors (Lipinski definition) is 2. The number of nitrogens with two attached hydrogens (primary N) is 1. The van der Waals surface area contributed by atoms with E-state index in [-0.39, 0.29) is 11.4 Å².